The number of anilines is 1. The van der Waals surface area contributed by atoms with Gasteiger partial charge in [-0.3, -0.25) is 9.78 Å². The standard InChI is InChI=1S/C23H29N3O4S/c1-2-30-19-10-8-18(9-11-19)25-22(27)21-16-26(17-23(21)12-4-3-5-13-23)31(28,29)20-7-6-14-24-15-20/h6-11,14-15,21H,2-5,12-13,16-17H2,1H3,(H,25,27). The minimum atomic E-state index is -3.69. The number of rotatable bonds is 6. The largest absolute Gasteiger partial charge is 0.494 e. The molecule has 166 valence electrons. The van der Waals surface area contributed by atoms with Crippen molar-refractivity contribution in [3.8, 4) is 5.75 Å². The van der Waals surface area contributed by atoms with Crippen molar-refractivity contribution in [3.05, 3.63) is 48.8 Å². The first-order chi connectivity index (χ1) is 14.9. The Kier molecular flexibility index (Phi) is 6.29. The first-order valence-electron chi connectivity index (χ1n) is 10.9. The van der Waals surface area contributed by atoms with E-state index >= 15 is 0 Å². The van der Waals surface area contributed by atoms with Crippen molar-refractivity contribution in [2.24, 2.45) is 11.3 Å². The van der Waals surface area contributed by atoms with Crippen LogP contribution in [0.25, 0.3) is 0 Å². The Morgan fingerprint density at radius 2 is 1.94 bits per heavy atom. The molecule has 1 aliphatic carbocycles. The molecule has 8 heteroatoms. The Hall–Kier alpha value is -2.45. The number of carbonyl (C=O) groups excluding carboxylic acids is 1. The molecule has 0 bridgehead atoms. The molecule has 4 rings (SSSR count). The van der Waals surface area contributed by atoms with Crippen molar-refractivity contribution in [1.29, 1.82) is 0 Å². The van der Waals surface area contributed by atoms with Crippen molar-refractivity contribution >= 4 is 21.6 Å². The van der Waals surface area contributed by atoms with Gasteiger partial charge in [-0.2, -0.15) is 4.31 Å². The van der Waals surface area contributed by atoms with Crippen LogP contribution in [0.15, 0.2) is 53.7 Å². The number of nitrogens with one attached hydrogen (secondary N) is 1. The van der Waals surface area contributed by atoms with E-state index in [2.05, 4.69) is 10.3 Å². The summed E-state index contributed by atoms with van der Waals surface area (Å²) in [5.74, 6) is 0.250. The Bertz CT molecular complexity index is 1000. The van der Waals surface area contributed by atoms with Gasteiger partial charge in [0.15, 0.2) is 0 Å². The van der Waals surface area contributed by atoms with E-state index in [1.54, 1.807) is 18.3 Å². The number of sulfonamides is 1. The van der Waals surface area contributed by atoms with Crippen molar-refractivity contribution in [3.63, 3.8) is 0 Å². The van der Waals surface area contributed by atoms with Gasteiger partial charge in [0.25, 0.3) is 0 Å². The maximum absolute atomic E-state index is 13.3. The average Bonchev–Trinajstić information content (AvgIpc) is 3.16. The number of nitrogens with zero attached hydrogens (tertiary/aromatic N) is 2. The van der Waals surface area contributed by atoms with Crippen LogP contribution in [0.4, 0.5) is 5.69 Å². The predicted molar refractivity (Wildman–Crippen MR) is 118 cm³/mol. The minimum absolute atomic E-state index is 0.116. The van der Waals surface area contributed by atoms with Gasteiger partial charge >= 0.3 is 0 Å². The molecule has 1 amide bonds. The molecule has 0 radical (unpaired) electrons. The molecule has 1 aliphatic heterocycles. The van der Waals surface area contributed by atoms with Crippen LogP contribution in [0.3, 0.4) is 0 Å². The second-order valence-electron chi connectivity index (χ2n) is 8.41. The van der Waals surface area contributed by atoms with Crippen LogP contribution >= 0.6 is 0 Å². The van der Waals surface area contributed by atoms with Crippen LogP contribution in [0.5, 0.6) is 5.75 Å². The maximum Gasteiger partial charge on any atom is 0.244 e. The number of hydrogen-bond donors (Lipinski definition) is 1. The highest BCUT2D eigenvalue weighted by atomic mass is 32.2. The molecule has 1 atom stereocenters. The van der Waals surface area contributed by atoms with E-state index in [-0.39, 0.29) is 28.7 Å². The lowest BCUT2D eigenvalue weighted by atomic mass is 9.67. The molecule has 1 saturated carbocycles. The second-order valence-corrected chi connectivity index (χ2v) is 10.3. The predicted octanol–water partition coefficient (Wildman–Crippen LogP) is 3.69. The average molecular weight is 444 g/mol. The summed E-state index contributed by atoms with van der Waals surface area (Å²) in [6, 6.07) is 10.5. The zero-order chi connectivity index (χ0) is 21.9. The van der Waals surface area contributed by atoms with Crippen molar-refractivity contribution in [2.75, 3.05) is 25.0 Å². The van der Waals surface area contributed by atoms with E-state index in [4.69, 9.17) is 4.74 Å². The Labute approximate surface area is 183 Å². The molecule has 1 saturated heterocycles. The molecule has 2 fully saturated rings. The SMILES string of the molecule is CCOc1ccc(NC(=O)C2CN(S(=O)(=O)c3cccnc3)CC23CCCCC3)cc1. The number of benzene rings is 1. The number of aromatic nitrogens is 1. The van der Waals surface area contributed by atoms with E-state index < -0.39 is 10.0 Å². The summed E-state index contributed by atoms with van der Waals surface area (Å²) < 4.78 is 33.4. The Morgan fingerprint density at radius 1 is 1.19 bits per heavy atom. The zero-order valence-corrected chi connectivity index (χ0v) is 18.6. The molecule has 1 N–H and O–H groups in total. The molecule has 2 aliphatic rings. The summed E-state index contributed by atoms with van der Waals surface area (Å²) in [6.07, 6.45) is 7.83. The molecule has 2 aromatic rings. The molecule has 7 nitrogen and oxygen atoms in total. The van der Waals surface area contributed by atoms with Crippen molar-refractivity contribution < 1.29 is 17.9 Å². The lowest BCUT2D eigenvalue weighted by Crippen LogP contribution is -2.39. The Balaban J connectivity index is 1.56. The third-order valence-corrected chi connectivity index (χ3v) is 8.28. The summed E-state index contributed by atoms with van der Waals surface area (Å²) in [7, 11) is -3.69. The molecular weight excluding hydrogens is 414 g/mol. The highest BCUT2D eigenvalue weighted by molar-refractivity contribution is 7.89. The van der Waals surface area contributed by atoms with Gasteiger partial charge in [-0.25, -0.2) is 8.42 Å². The van der Waals surface area contributed by atoms with Crippen LogP contribution in [0, 0.1) is 11.3 Å². The number of carbonyl (C=O) groups is 1. The zero-order valence-electron chi connectivity index (χ0n) is 17.8. The third kappa shape index (κ3) is 4.45. The number of pyridine rings is 1. The summed E-state index contributed by atoms with van der Waals surface area (Å²) in [4.78, 5) is 17.5. The van der Waals surface area contributed by atoms with Crippen molar-refractivity contribution in [1.82, 2.24) is 9.29 Å². The first kappa shape index (κ1) is 21.8. The molecule has 1 aromatic carbocycles. The topological polar surface area (TPSA) is 88.6 Å². The molecule has 1 unspecified atom stereocenters. The van der Waals surface area contributed by atoms with Gasteiger partial charge in [-0.1, -0.05) is 19.3 Å². The van der Waals surface area contributed by atoms with E-state index in [0.29, 0.717) is 18.8 Å². The van der Waals surface area contributed by atoms with Gasteiger partial charge in [0.05, 0.1) is 12.5 Å². The molecule has 1 spiro atoms. The number of amides is 1. The maximum atomic E-state index is 13.3. The van der Waals surface area contributed by atoms with E-state index in [1.807, 2.05) is 31.2 Å². The number of ether oxygens (including phenoxy) is 1. The van der Waals surface area contributed by atoms with E-state index in [0.717, 1.165) is 37.9 Å². The van der Waals surface area contributed by atoms with E-state index in [1.165, 1.54) is 10.5 Å². The number of hydrogen-bond acceptors (Lipinski definition) is 5. The lowest BCUT2D eigenvalue weighted by Gasteiger charge is -2.37. The summed E-state index contributed by atoms with van der Waals surface area (Å²) in [5, 5.41) is 3.01. The van der Waals surface area contributed by atoms with Gasteiger partial charge in [-0.15, -0.1) is 0 Å². The molecule has 1 aromatic heterocycles. The van der Waals surface area contributed by atoms with E-state index in [9.17, 15) is 13.2 Å². The quantitative estimate of drug-likeness (QED) is 0.736. The minimum Gasteiger partial charge on any atom is -0.494 e. The van der Waals surface area contributed by atoms with Gasteiger partial charge in [-0.05, 0) is 61.6 Å². The van der Waals surface area contributed by atoms with Crippen LogP contribution in [-0.2, 0) is 14.8 Å². The normalized spacial score (nSPS) is 21.1. The molecule has 2 heterocycles. The fourth-order valence-electron chi connectivity index (χ4n) is 4.91. The Morgan fingerprint density at radius 3 is 2.58 bits per heavy atom. The highest BCUT2D eigenvalue weighted by Gasteiger charge is 2.53. The van der Waals surface area contributed by atoms with Crippen LogP contribution < -0.4 is 10.1 Å². The summed E-state index contributed by atoms with van der Waals surface area (Å²) >= 11 is 0. The smallest absolute Gasteiger partial charge is 0.244 e. The van der Waals surface area contributed by atoms with Gasteiger partial charge in [0, 0.05) is 31.2 Å². The van der Waals surface area contributed by atoms with Crippen LogP contribution in [0.1, 0.15) is 39.0 Å². The van der Waals surface area contributed by atoms with Crippen LogP contribution in [0.2, 0.25) is 0 Å². The van der Waals surface area contributed by atoms with Crippen LogP contribution in [-0.4, -0.2) is 43.3 Å². The highest BCUT2D eigenvalue weighted by Crippen LogP contribution is 2.49. The monoisotopic (exact) mass is 443 g/mol. The molecule has 31 heavy (non-hydrogen) atoms. The van der Waals surface area contributed by atoms with Gasteiger partial charge in [0.1, 0.15) is 10.6 Å². The lowest BCUT2D eigenvalue weighted by molar-refractivity contribution is -0.123. The summed E-state index contributed by atoms with van der Waals surface area (Å²) in [5.41, 5.74) is 0.371. The fraction of sp³-hybridized carbons (Fsp3) is 0.478. The first-order valence-corrected chi connectivity index (χ1v) is 12.3. The third-order valence-electron chi connectivity index (χ3n) is 6.49. The van der Waals surface area contributed by atoms with Gasteiger partial charge < -0.3 is 10.1 Å². The van der Waals surface area contributed by atoms with Gasteiger partial charge in [0.2, 0.25) is 15.9 Å². The molecular formula is C23H29N3O4S. The second kappa shape index (κ2) is 8.96. The van der Waals surface area contributed by atoms with Crippen molar-refractivity contribution in [2.45, 2.75) is 43.9 Å². The summed E-state index contributed by atoms with van der Waals surface area (Å²) in [6.45, 7) is 3.08. The fourth-order valence-corrected chi connectivity index (χ4v) is 6.42.